The molecule has 0 aliphatic carbocycles. The molecule has 1 N–H and O–H groups in total. The van der Waals surface area contributed by atoms with Gasteiger partial charge in [-0.2, -0.15) is 0 Å². The lowest BCUT2D eigenvalue weighted by molar-refractivity contribution is 0.0649. The molecule has 0 fully saturated rings. The van der Waals surface area contributed by atoms with E-state index in [0.29, 0.717) is 17.7 Å². The molecule has 20 heavy (non-hydrogen) atoms. The minimum atomic E-state index is -0.690. The van der Waals surface area contributed by atoms with Gasteiger partial charge in [0.15, 0.2) is 0 Å². The first-order valence-corrected chi connectivity index (χ1v) is 6.91. The molecule has 0 saturated heterocycles. The zero-order valence-electron chi connectivity index (χ0n) is 11.3. The average molecular weight is 272 g/mol. The van der Waals surface area contributed by atoms with Crippen molar-refractivity contribution < 1.29 is 14.2 Å². The molecule has 0 bridgehead atoms. The number of halogens is 1. The lowest BCUT2D eigenvalue weighted by atomic mass is 9.92. The highest BCUT2D eigenvalue weighted by molar-refractivity contribution is 5.40. The smallest absolute Gasteiger partial charge is 0.127 e. The van der Waals surface area contributed by atoms with Gasteiger partial charge >= 0.3 is 0 Å². The van der Waals surface area contributed by atoms with Crippen LogP contribution in [0.25, 0.3) is 0 Å². The number of benzene rings is 2. The summed E-state index contributed by atoms with van der Waals surface area (Å²) >= 11 is 0. The van der Waals surface area contributed by atoms with Crippen LogP contribution in [-0.4, -0.2) is 5.11 Å². The minimum Gasteiger partial charge on any atom is -0.485 e. The molecule has 104 valence electrons. The standard InChI is InChI=1S/C17H17FO2/c1-2-11-5-3-4-6-13(11)17-10-15(19)14-9-12(18)7-8-16(14)20-17/h3-9,15,17,19H,2,10H2,1H3. The highest BCUT2D eigenvalue weighted by Gasteiger charge is 2.29. The molecule has 0 amide bonds. The van der Waals surface area contributed by atoms with Crippen LogP contribution in [0.4, 0.5) is 4.39 Å². The predicted molar refractivity (Wildman–Crippen MR) is 75.2 cm³/mol. The van der Waals surface area contributed by atoms with E-state index >= 15 is 0 Å². The molecule has 1 heterocycles. The van der Waals surface area contributed by atoms with Gasteiger partial charge in [-0.15, -0.1) is 0 Å². The van der Waals surface area contributed by atoms with E-state index in [1.807, 2.05) is 18.2 Å². The molecule has 2 nitrogen and oxygen atoms in total. The number of aliphatic hydroxyl groups is 1. The largest absolute Gasteiger partial charge is 0.485 e. The number of hydrogen-bond donors (Lipinski definition) is 1. The normalized spacial score (nSPS) is 21.1. The van der Waals surface area contributed by atoms with Crippen molar-refractivity contribution in [2.24, 2.45) is 0 Å². The van der Waals surface area contributed by atoms with Gasteiger partial charge in [-0.3, -0.25) is 0 Å². The van der Waals surface area contributed by atoms with Gasteiger partial charge in [0.2, 0.25) is 0 Å². The first-order valence-electron chi connectivity index (χ1n) is 6.91. The van der Waals surface area contributed by atoms with Crippen LogP contribution in [-0.2, 0) is 6.42 Å². The lowest BCUT2D eigenvalue weighted by Gasteiger charge is -2.31. The first kappa shape index (κ1) is 13.1. The third-order valence-electron chi connectivity index (χ3n) is 3.82. The van der Waals surface area contributed by atoms with Crippen molar-refractivity contribution in [2.45, 2.75) is 32.0 Å². The molecule has 3 rings (SSSR count). The van der Waals surface area contributed by atoms with Crippen LogP contribution >= 0.6 is 0 Å². The van der Waals surface area contributed by atoms with E-state index in [0.717, 1.165) is 12.0 Å². The van der Waals surface area contributed by atoms with Crippen molar-refractivity contribution in [1.82, 2.24) is 0 Å². The quantitative estimate of drug-likeness (QED) is 0.897. The molecular formula is C17H17FO2. The minimum absolute atomic E-state index is 0.181. The third-order valence-corrected chi connectivity index (χ3v) is 3.82. The Bertz CT molecular complexity index is 624. The average Bonchev–Trinajstić information content (AvgIpc) is 2.47. The van der Waals surface area contributed by atoms with Crippen LogP contribution in [0.2, 0.25) is 0 Å². The maximum Gasteiger partial charge on any atom is 0.127 e. The van der Waals surface area contributed by atoms with Gasteiger partial charge in [-0.25, -0.2) is 4.39 Å². The fraction of sp³-hybridized carbons (Fsp3) is 0.294. The zero-order valence-corrected chi connectivity index (χ0v) is 11.3. The summed E-state index contributed by atoms with van der Waals surface area (Å²) in [7, 11) is 0. The van der Waals surface area contributed by atoms with E-state index < -0.39 is 6.10 Å². The highest BCUT2D eigenvalue weighted by Crippen LogP contribution is 2.41. The Morgan fingerprint density at radius 2 is 2.00 bits per heavy atom. The number of aliphatic hydroxyl groups excluding tert-OH is 1. The van der Waals surface area contributed by atoms with Crippen LogP contribution in [0, 0.1) is 5.82 Å². The van der Waals surface area contributed by atoms with E-state index in [1.165, 1.54) is 17.7 Å². The van der Waals surface area contributed by atoms with Gasteiger partial charge in [-0.05, 0) is 35.7 Å². The third kappa shape index (κ3) is 2.29. The van der Waals surface area contributed by atoms with Crippen LogP contribution in [0.5, 0.6) is 5.75 Å². The molecule has 1 aliphatic rings. The van der Waals surface area contributed by atoms with E-state index in [1.54, 1.807) is 6.07 Å². The molecule has 0 radical (unpaired) electrons. The maximum absolute atomic E-state index is 13.2. The molecule has 0 saturated carbocycles. The Kier molecular flexibility index (Phi) is 3.45. The predicted octanol–water partition coefficient (Wildman–Crippen LogP) is 3.95. The van der Waals surface area contributed by atoms with E-state index in [-0.39, 0.29) is 11.9 Å². The second-order valence-corrected chi connectivity index (χ2v) is 5.09. The second kappa shape index (κ2) is 5.25. The fourth-order valence-corrected chi connectivity index (χ4v) is 2.78. The molecule has 0 spiro atoms. The molecule has 2 atom stereocenters. The summed E-state index contributed by atoms with van der Waals surface area (Å²) in [5, 5.41) is 10.2. The highest BCUT2D eigenvalue weighted by atomic mass is 19.1. The van der Waals surface area contributed by atoms with Gasteiger partial charge in [-0.1, -0.05) is 31.2 Å². The Hall–Kier alpha value is -1.87. The van der Waals surface area contributed by atoms with Gasteiger partial charge in [0.1, 0.15) is 17.7 Å². The molecule has 2 aromatic carbocycles. The zero-order chi connectivity index (χ0) is 14.1. The van der Waals surface area contributed by atoms with Crippen molar-refractivity contribution in [3.63, 3.8) is 0 Å². The number of ether oxygens (including phenoxy) is 1. The SMILES string of the molecule is CCc1ccccc1C1CC(O)c2cc(F)ccc2O1. The summed E-state index contributed by atoms with van der Waals surface area (Å²) < 4.78 is 19.2. The molecule has 3 heteroatoms. The van der Waals surface area contributed by atoms with Crippen molar-refractivity contribution in [1.29, 1.82) is 0 Å². The Morgan fingerprint density at radius 3 is 2.80 bits per heavy atom. The van der Waals surface area contributed by atoms with Crippen molar-refractivity contribution in [3.8, 4) is 5.75 Å². The van der Waals surface area contributed by atoms with Gasteiger partial charge in [0.05, 0.1) is 6.10 Å². The van der Waals surface area contributed by atoms with Crippen LogP contribution in [0.3, 0.4) is 0 Å². The number of rotatable bonds is 2. The van der Waals surface area contributed by atoms with E-state index in [4.69, 9.17) is 4.74 Å². The summed E-state index contributed by atoms with van der Waals surface area (Å²) in [6.07, 6.45) is 0.499. The number of fused-ring (bicyclic) bond motifs is 1. The summed E-state index contributed by atoms with van der Waals surface area (Å²) in [6.45, 7) is 2.10. The van der Waals surface area contributed by atoms with Crippen LogP contribution < -0.4 is 4.74 Å². The maximum atomic E-state index is 13.2. The summed E-state index contributed by atoms with van der Waals surface area (Å²) in [6, 6.07) is 12.4. The molecule has 1 aliphatic heterocycles. The molecular weight excluding hydrogens is 255 g/mol. The van der Waals surface area contributed by atoms with Crippen molar-refractivity contribution in [2.75, 3.05) is 0 Å². The van der Waals surface area contributed by atoms with Crippen molar-refractivity contribution in [3.05, 3.63) is 65.0 Å². The number of hydrogen-bond acceptors (Lipinski definition) is 2. The summed E-state index contributed by atoms with van der Waals surface area (Å²) in [4.78, 5) is 0. The Balaban J connectivity index is 1.97. The summed E-state index contributed by atoms with van der Waals surface area (Å²) in [5.74, 6) is 0.222. The van der Waals surface area contributed by atoms with Crippen LogP contribution in [0.1, 0.15) is 42.2 Å². The first-order chi connectivity index (χ1) is 9.69. The van der Waals surface area contributed by atoms with Gasteiger partial charge in [0.25, 0.3) is 0 Å². The van der Waals surface area contributed by atoms with E-state index in [9.17, 15) is 9.50 Å². The second-order valence-electron chi connectivity index (χ2n) is 5.09. The molecule has 2 unspecified atom stereocenters. The fourth-order valence-electron chi connectivity index (χ4n) is 2.78. The Morgan fingerprint density at radius 1 is 1.20 bits per heavy atom. The van der Waals surface area contributed by atoms with Gasteiger partial charge < -0.3 is 9.84 Å². The van der Waals surface area contributed by atoms with Crippen LogP contribution in [0.15, 0.2) is 42.5 Å². The molecule has 0 aromatic heterocycles. The summed E-state index contributed by atoms with van der Waals surface area (Å²) in [5.41, 5.74) is 2.86. The van der Waals surface area contributed by atoms with E-state index in [2.05, 4.69) is 13.0 Å². The lowest BCUT2D eigenvalue weighted by Crippen LogP contribution is -2.20. The number of aryl methyl sites for hydroxylation is 1. The monoisotopic (exact) mass is 272 g/mol. The molecule has 2 aromatic rings. The van der Waals surface area contributed by atoms with Crippen molar-refractivity contribution >= 4 is 0 Å². The Labute approximate surface area is 117 Å². The van der Waals surface area contributed by atoms with Gasteiger partial charge in [0, 0.05) is 12.0 Å². The topological polar surface area (TPSA) is 29.5 Å².